The first kappa shape index (κ1) is 21.3. The number of piperidine rings is 1. The summed E-state index contributed by atoms with van der Waals surface area (Å²) in [5, 5.41) is 11.6. The molecule has 32 heavy (non-hydrogen) atoms. The van der Waals surface area contributed by atoms with Crippen LogP contribution in [-0.2, 0) is 6.18 Å². The molecule has 0 unspecified atom stereocenters. The van der Waals surface area contributed by atoms with Gasteiger partial charge < -0.3 is 10.4 Å². The van der Waals surface area contributed by atoms with Gasteiger partial charge in [0.1, 0.15) is 0 Å². The molecule has 4 nitrogen and oxygen atoms in total. The van der Waals surface area contributed by atoms with Crippen molar-refractivity contribution in [1.82, 2.24) is 10.2 Å². The minimum absolute atomic E-state index is 0.0321. The Labute approximate surface area is 185 Å². The molecule has 2 fully saturated rings. The van der Waals surface area contributed by atoms with Gasteiger partial charge in [-0.25, -0.2) is 4.79 Å². The summed E-state index contributed by atoms with van der Waals surface area (Å²) < 4.78 is 39.6. The molecule has 2 N–H and O–H groups in total. The normalized spacial score (nSPS) is 27.7. The summed E-state index contributed by atoms with van der Waals surface area (Å²) in [5.41, 5.74) is 3.40. The second kappa shape index (κ2) is 8.10. The maximum atomic E-state index is 13.2. The maximum Gasteiger partial charge on any atom is 0.416 e. The number of fused-ring (bicyclic) bond motifs is 5. The number of halogens is 3. The van der Waals surface area contributed by atoms with E-state index in [0.717, 1.165) is 56.7 Å². The van der Waals surface area contributed by atoms with Gasteiger partial charge in [-0.15, -0.1) is 0 Å². The first-order chi connectivity index (χ1) is 15.3. The predicted octanol–water partition coefficient (Wildman–Crippen LogP) is 6.19. The summed E-state index contributed by atoms with van der Waals surface area (Å²) in [6.45, 7) is 1.02. The van der Waals surface area contributed by atoms with Crippen molar-refractivity contribution in [1.29, 1.82) is 0 Å². The van der Waals surface area contributed by atoms with E-state index in [-0.39, 0.29) is 6.04 Å². The third kappa shape index (κ3) is 3.98. The van der Waals surface area contributed by atoms with Crippen molar-refractivity contribution in [2.75, 3.05) is 6.54 Å². The molecule has 2 aromatic rings. The topological polar surface area (TPSA) is 52.6 Å². The van der Waals surface area contributed by atoms with Crippen LogP contribution in [0.3, 0.4) is 0 Å². The fourth-order valence-corrected chi connectivity index (χ4v) is 6.02. The van der Waals surface area contributed by atoms with Crippen LogP contribution >= 0.6 is 0 Å². The number of amides is 1. The molecule has 2 bridgehead atoms. The number of alkyl halides is 3. The zero-order valence-corrected chi connectivity index (χ0v) is 17.7. The largest absolute Gasteiger partial charge is 0.465 e. The third-order valence-corrected chi connectivity index (χ3v) is 7.55. The number of rotatable bonds is 3. The number of hydrogen-bond acceptors (Lipinski definition) is 2. The Kier molecular flexibility index (Phi) is 5.40. The molecule has 1 saturated heterocycles. The first-order valence-electron chi connectivity index (χ1n) is 11.4. The molecular weight excluding hydrogens is 417 g/mol. The Morgan fingerprint density at radius 3 is 2.44 bits per heavy atom. The van der Waals surface area contributed by atoms with E-state index in [1.165, 1.54) is 23.3 Å². The van der Waals surface area contributed by atoms with Gasteiger partial charge in [0.2, 0.25) is 0 Å². The Balaban J connectivity index is 1.38. The van der Waals surface area contributed by atoms with E-state index in [0.29, 0.717) is 23.6 Å². The smallest absolute Gasteiger partial charge is 0.416 e. The number of nitrogens with zero attached hydrogens (tertiary/aromatic N) is 1. The Hall–Kier alpha value is -2.54. The molecule has 7 heteroatoms. The van der Waals surface area contributed by atoms with Crippen LogP contribution in [0.15, 0.2) is 42.5 Å². The summed E-state index contributed by atoms with van der Waals surface area (Å²) in [4.78, 5) is 13.5. The van der Waals surface area contributed by atoms with Crippen LogP contribution in [0.4, 0.5) is 18.0 Å². The summed E-state index contributed by atoms with van der Waals surface area (Å²) in [5.74, 6) is 0.520. The molecule has 1 aliphatic heterocycles. The van der Waals surface area contributed by atoms with Gasteiger partial charge in [-0.1, -0.05) is 24.3 Å². The van der Waals surface area contributed by atoms with Crippen LogP contribution < -0.4 is 5.32 Å². The van der Waals surface area contributed by atoms with Gasteiger partial charge in [0.05, 0.1) is 5.56 Å². The number of benzene rings is 2. The highest BCUT2D eigenvalue weighted by atomic mass is 19.4. The quantitative estimate of drug-likeness (QED) is 0.594. The van der Waals surface area contributed by atoms with Crippen molar-refractivity contribution in [2.24, 2.45) is 0 Å². The van der Waals surface area contributed by atoms with Gasteiger partial charge in [-0.2, -0.15) is 13.2 Å². The van der Waals surface area contributed by atoms with Crippen molar-refractivity contribution >= 4 is 6.09 Å². The van der Waals surface area contributed by atoms with Gasteiger partial charge in [0.25, 0.3) is 0 Å². The molecule has 1 amide bonds. The summed E-state index contributed by atoms with van der Waals surface area (Å²) >= 11 is 0. The van der Waals surface area contributed by atoms with Crippen molar-refractivity contribution in [3.63, 3.8) is 0 Å². The number of carboxylic acid groups (broad SMARTS) is 1. The van der Waals surface area contributed by atoms with Crippen LogP contribution in [0.25, 0.3) is 11.1 Å². The zero-order valence-electron chi connectivity index (χ0n) is 17.7. The molecule has 3 aliphatic rings. The van der Waals surface area contributed by atoms with Crippen molar-refractivity contribution in [3.05, 3.63) is 59.2 Å². The van der Waals surface area contributed by atoms with Crippen molar-refractivity contribution in [3.8, 4) is 11.1 Å². The molecule has 5 rings (SSSR count). The fourth-order valence-electron chi connectivity index (χ4n) is 6.02. The summed E-state index contributed by atoms with van der Waals surface area (Å²) in [6.07, 6.45) is 0.481. The second-order valence-electron chi connectivity index (χ2n) is 9.35. The van der Waals surface area contributed by atoms with E-state index >= 15 is 0 Å². The molecule has 2 atom stereocenters. The lowest BCUT2D eigenvalue weighted by molar-refractivity contribution is -0.137. The summed E-state index contributed by atoms with van der Waals surface area (Å²) in [7, 11) is 0. The van der Waals surface area contributed by atoms with E-state index < -0.39 is 17.8 Å². The number of nitrogens with one attached hydrogen (secondary N) is 1. The number of likely N-dealkylation sites (tertiary alicyclic amines) is 1. The van der Waals surface area contributed by atoms with Crippen LogP contribution in [0.1, 0.15) is 67.2 Å². The molecule has 1 heterocycles. The van der Waals surface area contributed by atoms with Crippen LogP contribution in [-0.4, -0.2) is 34.7 Å². The zero-order chi connectivity index (χ0) is 22.5. The Morgan fingerprint density at radius 2 is 1.72 bits per heavy atom. The highest BCUT2D eigenvalue weighted by Crippen LogP contribution is 2.51. The minimum Gasteiger partial charge on any atom is -0.465 e. The molecule has 1 saturated carbocycles. The lowest BCUT2D eigenvalue weighted by atomic mass is 9.87. The fraction of sp³-hybridized carbons (Fsp3) is 0.480. The Morgan fingerprint density at radius 1 is 0.969 bits per heavy atom. The lowest BCUT2D eigenvalue weighted by Crippen LogP contribution is -2.46. The highest BCUT2D eigenvalue weighted by Gasteiger charge is 2.42. The Bertz CT molecular complexity index is 1010. The van der Waals surface area contributed by atoms with E-state index in [4.69, 9.17) is 5.11 Å². The highest BCUT2D eigenvalue weighted by molar-refractivity contribution is 5.67. The predicted molar refractivity (Wildman–Crippen MR) is 116 cm³/mol. The molecule has 0 radical (unpaired) electrons. The van der Waals surface area contributed by atoms with E-state index in [9.17, 15) is 18.0 Å². The molecule has 0 spiro atoms. The summed E-state index contributed by atoms with van der Waals surface area (Å²) in [6, 6.07) is 12.5. The van der Waals surface area contributed by atoms with E-state index in [1.807, 2.05) is 6.07 Å². The molecule has 2 aliphatic carbocycles. The standard InChI is InChI=1S/C25H27F3N2O2/c26-25(27,28)18-3-1-2-15(12-18)16-4-9-21-17-10-11-30(23(14-17)22(21)13-16)20-7-5-19(6-8-20)29-24(31)32/h1-4,9,12-13,17,19-20,23,29H,5-8,10-11,14H2,(H,31,32)/t17-,19?,20?,23+/m1/s1. The van der Waals surface area contributed by atoms with Gasteiger partial charge in [0, 0.05) is 18.1 Å². The lowest BCUT2D eigenvalue weighted by Gasteiger charge is -2.42. The van der Waals surface area contributed by atoms with Gasteiger partial charge in [-0.3, -0.25) is 4.90 Å². The van der Waals surface area contributed by atoms with Gasteiger partial charge in [-0.05, 0) is 91.4 Å². The molecular formula is C25H27F3N2O2. The van der Waals surface area contributed by atoms with E-state index in [1.54, 1.807) is 6.07 Å². The monoisotopic (exact) mass is 444 g/mol. The van der Waals surface area contributed by atoms with E-state index in [2.05, 4.69) is 22.3 Å². The van der Waals surface area contributed by atoms with Crippen LogP contribution in [0, 0.1) is 0 Å². The third-order valence-electron chi connectivity index (χ3n) is 7.55. The van der Waals surface area contributed by atoms with Crippen LogP contribution in [0.2, 0.25) is 0 Å². The SMILES string of the molecule is O=C(O)NC1CCC(N2CC[C@@H]3C[C@H]2c2cc(-c4cccc(C(F)(F)F)c4)ccc23)CC1. The number of hydrogen-bond donors (Lipinski definition) is 2. The first-order valence-corrected chi connectivity index (χ1v) is 11.4. The van der Waals surface area contributed by atoms with Crippen LogP contribution in [0.5, 0.6) is 0 Å². The number of carbonyl (C=O) groups is 1. The maximum absolute atomic E-state index is 13.2. The average Bonchev–Trinajstić information content (AvgIpc) is 3.05. The molecule has 170 valence electrons. The molecule has 0 aromatic heterocycles. The van der Waals surface area contributed by atoms with Crippen molar-refractivity contribution < 1.29 is 23.1 Å². The molecule has 2 aromatic carbocycles. The van der Waals surface area contributed by atoms with Gasteiger partial charge in [0.15, 0.2) is 0 Å². The van der Waals surface area contributed by atoms with Crippen molar-refractivity contribution in [2.45, 2.75) is 68.7 Å². The second-order valence-corrected chi connectivity index (χ2v) is 9.35. The van der Waals surface area contributed by atoms with Gasteiger partial charge >= 0.3 is 12.3 Å². The minimum atomic E-state index is -4.35. The average molecular weight is 444 g/mol.